The molecule has 2 aromatic rings. The van der Waals surface area contributed by atoms with E-state index in [0.29, 0.717) is 30.4 Å². The summed E-state index contributed by atoms with van der Waals surface area (Å²) in [6.07, 6.45) is 2.07. The molecule has 0 unspecified atom stereocenters. The smallest absolute Gasteiger partial charge is 0.341 e. The molecule has 3 rings (SSSR count). The molecule has 0 radical (unpaired) electrons. The average molecular weight is 612 g/mol. The van der Waals surface area contributed by atoms with Crippen LogP contribution in [0, 0.1) is 5.41 Å². The topological polar surface area (TPSA) is 177 Å². The van der Waals surface area contributed by atoms with Crippen molar-refractivity contribution in [2.75, 3.05) is 19.8 Å². The Morgan fingerprint density at radius 3 is 2.50 bits per heavy atom. The molecule has 3 N–H and O–H groups in total. The summed E-state index contributed by atoms with van der Waals surface area (Å²) in [5.74, 6) is -4.66. The van der Waals surface area contributed by atoms with Gasteiger partial charge in [0.2, 0.25) is 5.78 Å². The molecule has 1 fully saturated rings. The highest BCUT2D eigenvalue weighted by atomic mass is 16.5. The molecule has 1 aliphatic heterocycles. The molecule has 0 saturated carbocycles. The third-order valence-corrected chi connectivity index (χ3v) is 7.17. The van der Waals surface area contributed by atoms with E-state index < -0.39 is 53.8 Å². The second-order valence-corrected chi connectivity index (χ2v) is 11.1. The van der Waals surface area contributed by atoms with Crippen LogP contribution in [0.5, 0.6) is 17.2 Å². The van der Waals surface area contributed by atoms with Gasteiger partial charge in [0, 0.05) is 12.6 Å². The number of ketones is 1. The number of Topliss-reactive ketones (excluding diaryl/α,β-unsaturated/α-hetero) is 1. The van der Waals surface area contributed by atoms with Crippen molar-refractivity contribution in [3.8, 4) is 17.2 Å². The highest BCUT2D eigenvalue weighted by molar-refractivity contribution is 6.38. The van der Waals surface area contributed by atoms with Crippen molar-refractivity contribution in [1.29, 1.82) is 0 Å². The van der Waals surface area contributed by atoms with Crippen LogP contribution in [-0.4, -0.2) is 75.6 Å². The van der Waals surface area contributed by atoms with Crippen molar-refractivity contribution in [1.82, 2.24) is 4.90 Å². The number of ether oxygens (including phenoxy) is 3. The average Bonchev–Trinajstić information content (AvgIpc) is 3.01. The lowest BCUT2D eigenvalue weighted by Gasteiger charge is -2.36. The number of phenols is 2. The summed E-state index contributed by atoms with van der Waals surface area (Å²) in [5, 5.41) is 28.5. The number of rotatable bonds is 14. The summed E-state index contributed by atoms with van der Waals surface area (Å²) in [6.45, 7) is 5.49. The van der Waals surface area contributed by atoms with E-state index in [2.05, 4.69) is 6.58 Å². The molecule has 0 spiro atoms. The number of carboxylic acids is 1. The van der Waals surface area contributed by atoms with Crippen LogP contribution >= 0.6 is 0 Å². The Labute approximate surface area is 254 Å². The highest BCUT2D eigenvalue weighted by Gasteiger charge is 2.42. The largest absolute Gasteiger partial charge is 0.504 e. The van der Waals surface area contributed by atoms with Crippen molar-refractivity contribution < 1.29 is 53.5 Å². The molecule has 1 saturated heterocycles. The number of carbonyl (C=O) groups is 5. The number of phenolic OH excluding ortho intramolecular Hbond substituents is 2. The van der Waals surface area contributed by atoms with Crippen LogP contribution in [0.15, 0.2) is 55.1 Å². The van der Waals surface area contributed by atoms with Gasteiger partial charge in [-0.1, -0.05) is 24.8 Å². The van der Waals surface area contributed by atoms with Crippen LogP contribution in [-0.2, 0) is 39.9 Å². The fourth-order valence-corrected chi connectivity index (χ4v) is 4.70. The molecule has 2 aromatic carbocycles. The Morgan fingerprint density at radius 2 is 1.82 bits per heavy atom. The predicted octanol–water partition coefficient (Wildman–Crippen LogP) is 3.48. The number of likely N-dealkylation sites (tertiary alicyclic amines) is 1. The zero-order chi connectivity index (χ0) is 32.4. The number of aliphatic carboxylic acids is 1. The van der Waals surface area contributed by atoms with Gasteiger partial charge in [0.15, 0.2) is 18.1 Å². The summed E-state index contributed by atoms with van der Waals surface area (Å²) >= 11 is 0. The lowest BCUT2D eigenvalue weighted by Crippen LogP contribution is -2.53. The molecule has 1 heterocycles. The first kappa shape index (κ1) is 33.6. The predicted molar refractivity (Wildman–Crippen MR) is 156 cm³/mol. The molecular formula is C32H37NO11. The maximum Gasteiger partial charge on any atom is 0.341 e. The fraction of sp³-hybridized carbons (Fsp3) is 0.406. The van der Waals surface area contributed by atoms with Gasteiger partial charge in [0.25, 0.3) is 5.91 Å². The number of nitrogens with zero attached hydrogens (tertiary/aromatic N) is 1. The Morgan fingerprint density at radius 1 is 1.07 bits per heavy atom. The van der Waals surface area contributed by atoms with Crippen molar-refractivity contribution in [2.45, 2.75) is 58.1 Å². The summed E-state index contributed by atoms with van der Waals surface area (Å²) in [5.41, 5.74) is -0.200. The Hall–Kier alpha value is -4.87. The number of benzene rings is 2. The van der Waals surface area contributed by atoms with E-state index in [1.54, 1.807) is 30.3 Å². The van der Waals surface area contributed by atoms with Gasteiger partial charge in [-0.25, -0.2) is 14.4 Å². The Kier molecular flexibility index (Phi) is 11.5. The van der Waals surface area contributed by atoms with Crippen molar-refractivity contribution in [3.05, 3.63) is 66.2 Å². The first-order valence-electron chi connectivity index (χ1n) is 14.1. The van der Waals surface area contributed by atoms with Crippen molar-refractivity contribution in [3.63, 3.8) is 0 Å². The third kappa shape index (κ3) is 9.06. The summed E-state index contributed by atoms with van der Waals surface area (Å²) in [6, 6.07) is 9.72. The van der Waals surface area contributed by atoms with Gasteiger partial charge >= 0.3 is 17.9 Å². The summed E-state index contributed by atoms with van der Waals surface area (Å²) in [7, 11) is 0. The normalized spacial score (nSPS) is 15.5. The maximum atomic E-state index is 13.6. The van der Waals surface area contributed by atoms with E-state index in [4.69, 9.17) is 19.3 Å². The van der Waals surface area contributed by atoms with Gasteiger partial charge in [-0.15, -0.1) is 0 Å². The van der Waals surface area contributed by atoms with Gasteiger partial charge < -0.3 is 34.4 Å². The minimum absolute atomic E-state index is 0.156. The number of amides is 1. The molecule has 0 aromatic heterocycles. The first-order valence-corrected chi connectivity index (χ1v) is 14.1. The second kappa shape index (κ2) is 15.0. The van der Waals surface area contributed by atoms with Crippen LogP contribution in [0.25, 0.3) is 0 Å². The van der Waals surface area contributed by atoms with E-state index in [1.807, 2.05) is 0 Å². The number of hydrogen-bond donors (Lipinski definition) is 3. The molecule has 12 nitrogen and oxygen atoms in total. The molecule has 0 aliphatic carbocycles. The van der Waals surface area contributed by atoms with E-state index >= 15 is 0 Å². The molecule has 44 heavy (non-hydrogen) atoms. The number of piperidine rings is 1. The van der Waals surface area contributed by atoms with Gasteiger partial charge in [0.1, 0.15) is 24.5 Å². The van der Waals surface area contributed by atoms with Crippen LogP contribution in [0.1, 0.15) is 56.8 Å². The standard InChI is InChI=1S/C32H37NO11/c1-4-28(38)43-19-32(2,3)29(39)30(40)33-15-6-5-10-23(33)31(41)44-26(14-12-20-11-13-24(34)25(35)16-20)21-8-7-9-22(17-21)42-18-27(36)37/h4,7-9,11,13,16-17,23,26,34-35H,1,5-6,10,12,14-15,18-19H2,2-3H3,(H,36,37)/t23-,26+/m0/s1. The minimum Gasteiger partial charge on any atom is -0.504 e. The van der Waals surface area contributed by atoms with Crippen LogP contribution in [0.3, 0.4) is 0 Å². The number of carbonyl (C=O) groups excluding carboxylic acids is 4. The second-order valence-electron chi connectivity index (χ2n) is 11.1. The van der Waals surface area contributed by atoms with E-state index in [1.165, 1.54) is 30.9 Å². The lowest BCUT2D eigenvalue weighted by molar-refractivity contribution is -0.165. The SMILES string of the molecule is C=CC(=O)OCC(C)(C)C(=O)C(=O)N1CCCC[C@H]1C(=O)O[C@H](CCc1ccc(O)c(O)c1)c1cccc(OCC(=O)O)c1. The Balaban J connectivity index is 1.83. The Bertz CT molecular complexity index is 1400. The zero-order valence-corrected chi connectivity index (χ0v) is 24.7. The third-order valence-electron chi connectivity index (χ3n) is 7.17. The lowest BCUT2D eigenvalue weighted by atomic mass is 9.87. The number of aryl methyl sites for hydroxylation is 1. The molecule has 1 aliphatic rings. The fourth-order valence-electron chi connectivity index (χ4n) is 4.70. The molecule has 1 amide bonds. The van der Waals surface area contributed by atoms with E-state index in [-0.39, 0.29) is 43.2 Å². The summed E-state index contributed by atoms with van der Waals surface area (Å²) in [4.78, 5) is 63.9. The number of aromatic hydroxyl groups is 2. The quantitative estimate of drug-likeness (QED) is 0.123. The number of carboxylic acid groups (broad SMARTS) is 1. The molecule has 12 heteroatoms. The van der Waals surface area contributed by atoms with Crippen LogP contribution < -0.4 is 4.74 Å². The molecule has 0 bridgehead atoms. The molecular weight excluding hydrogens is 574 g/mol. The van der Waals surface area contributed by atoms with E-state index in [9.17, 15) is 34.2 Å². The minimum atomic E-state index is -1.35. The monoisotopic (exact) mass is 611 g/mol. The van der Waals surface area contributed by atoms with Crippen molar-refractivity contribution in [2.24, 2.45) is 5.41 Å². The number of esters is 2. The first-order chi connectivity index (χ1) is 20.8. The maximum absolute atomic E-state index is 13.6. The van der Waals surface area contributed by atoms with Gasteiger partial charge in [-0.05, 0) is 81.3 Å². The molecule has 236 valence electrons. The van der Waals surface area contributed by atoms with Crippen LogP contribution in [0.2, 0.25) is 0 Å². The summed E-state index contributed by atoms with van der Waals surface area (Å²) < 4.78 is 16.3. The van der Waals surface area contributed by atoms with E-state index in [0.717, 1.165) is 6.08 Å². The van der Waals surface area contributed by atoms with Gasteiger partial charge in [-0.2, -0.15) is 0 Å². The van der Waals surface area contributed by atoms with Crippen molar-refractivity contribution >= 4 is 29.6 Å². The van der Waals surface area contributed by atoms with Gasteiger partial charge in [-0.3, -0.25) is 9.59 Å². The van der Waals surface area contributed by atoms with Gasteiger partial charge in [0.05, 0.1) is 5.41 Å². The number of hydrogen-bond acceptors (Lipinski definition) is 10. The van der Waals surface area contributed by atoms with Crippen LogP contribution in [0.4, 0.5) is 0 Å². The highest BCUT2D eigenvalue weighted by Crippen LogP contribution is 2.31. The molecule has 2 atom stereocenters. The zero-order valence-electron chi connectivity index (χ0n) is 24.7.